The van der Waals surface area contributed by atoms with Crippen LogP contribution in [0.25, 0.3) is 11.2 Å². The van der Waals surface area contributed by atoms with Gasteiger partial charge in [-0.2, -0.15) is 4.98 Å². The third kappa shape index (κ3) is 2.47. The molecule has 1 fully saturated rings. The number of alkyl halides is 1. The zero-order valence-corrected chi connectivity index (χ0v) is 12.4. The number of ether oxygens (including phenoxy) is 2. The Bertz CT molecular complexity index is 606. The van der Waals surface area contributed by atoms with Crippen molar-refractivity contribution in [1.82, 2.24) is 14.5 Å². The quantitative estimate of drug-likeness (QED) is 0.814. The van der Waals surface area contributed by atoms with Crippen LogP contribution in [0.1, 0.15) is 24.5 Å². The molecule has 0 spiro atoms. The van der Waals surface area contributed by atoms with E-state index in [9.17, 15) is 0 Å². The van der Waals surface area contributed by atoms with Crippen molar-refractivity contribution in [3.8, 4) is 5.88 Å². The summed E-state index contributed by atoms with van der Waals surface area (Å²) < 4.78 is 12.8. The lowest BCUT2D eigenvalue weighted by molar-refractivity contribution is 0.182. The molecule has 5 nitrogen and oxygen atoms in total. The molecule has 3 heterocycles. The summed E-state index contributed by atoms with van der Waals surface area (Å²) in [7, 11) is 1.62. The van der Waals surface area contributed by atoms with E-state index in [1.165, 1.54) is 0 Å². The SMILES string of the molecule is COc1ccc2nc(C(C)Cl)n(CC3CCOC3)c2n1. The van der Waals surface area contributed by atoms with Gasteiger partial charge in [0.15, 0.2) is 5.65 Å². The van der Waals surface area contributed by atoms with Crippen molar-refractivity contribution in [2.45, 2.75) is 25.3 Å². The number of methoxy groups -OCH3 is 1. The molecule has 2 atom stereocenters. The van der Waals surface area contributed by atoms with Gasteiger partial charge in [0.05, 0.1) is 19.1 Å². The van der Waals surface area contributed by atoms with Crippen LogP contribution in [0, 0.1) is 5.92 Å². The number of hydrogen-bond donors (Lipinski definition) is 0. The maximum Gasteiger partial charge on any atom is 0.215 e. The van der Waals surface area contributed by atoms with Gasteiger partial charge in [0.2, 0.25) is 5.88 Å². The minimum absolute atomic E-state index is 0.155. The molecule has 0 radical (unpaired) electrons. The fourth-order valence-corrected chi connectivity index (χ4v) is 2.75. The van der Waals surface area contributed by atoms with Gasteiger partial charge in [-0.05, 0) is 19.4 Å². The second kappa shape index (κ2) is 5.58. The highest BCUT2D eigenvalue weighted by Gasteiger charge is 2.22. The Balaban J connectivity index is 2.06. The Morgan fingerprint density at radius 2 is 2.35 bits per heavy atom. The van der Waals surface area contributed by atoms with Crippen molar-refractivity contribution in [3.63, 3.8) is 0 Å². The summed E-state index contributed by atoms with van der Waals surface area (Å²) in [5, 5.41) is -0.155. The van der Waals surface area contributed by atoms with Gasteiger partial charge in [-0.1, -0.05) is 0 Å². The van der Waals surface area contributed by atoms with Crippen molar-refractivity contribution in [3.05, 3.63) is 18.0 Å². The van der Waals surface area contributed by atoms with E-state index in [0.29, 0.717) is 11.8 Å². The fraction of sp³-hybridized carbons (Fsp3) is 0.571. The van der Waals surface area contributed by atoms with Crippen LogP contribution in [0.4, 0.5) is 0 Å². The van der Waals surface area contributed by atoms with Gasteiger partial charge in [-0.3, -0.25) is 0 Å². The smallest absolute Gasteiger partial charge is 0.215 e. The van der Waals surface area contributed by atoms with Crippen molar-refractivity contribution in [2.75, 3.05) is 20.3 Å². The molecule has 0 N–H and O–H groups in total. The van der Waals surface area contributed by atoms with E-state index in [2.05, 4.69) is 14.5 Å². The molecule has 2 unspecified atom stereocenters. The molecule has 0 aliphatic carbocycles. The summed E-state index contributed by atoms with van der Waals surface area (Å²) in [5.41, 5.74) is 1.69. The zero-order valence-electron chi connectivity index (χ0n) is 11.7. The van der Waals surface area contributed by atoms with Crippen LogP contribution in [-0.2, 0) is 11.3 Å². The van der Waals surface area contributed by atoms with E-state index < -0.39 is 0 Å². The van der Waals surface area contributed by atoms with E-state index >= 15 is 0 Å². The average Bonchev–Trinajstić information content (AvgIpc) is 3.07. The summed E-state index contributed by atoms with van der Waals surface area (Å²) in [5.74, 6) is 1.94. The first-order valence-corrected chi connectivity index (χ1v) is 7.25. The molecule has 3 rings (SSSR count). The van der Waals surface area contributed by atoms with Crippen molar-refractivity contribution >= 4 is 22.8 Å². The first kappa shape index (κ1) is 13.6. The van der Waals surface area contributed by atoms with Crippen molar-refractivity contribution in [2.24, 2.45) is 5.92 Å². The van der Waals surface area contributed by atoms with E-state index in [1.807, 2.05) is 19.1 Å². The predicted molar refractivity (Wildman–Crippen MR) is 77.3 cm³/mol. The maximum atomic E-state index is 6.27. The number of hydrogen-bond acceptors (Lipinski definition) is 4. The van der Waals surface area contributed by atoms with Crippen LogP contribution in [0.2, 0.25) is 0 Å². The first-order chi connectivity index (χ1) is 9.69. The van der Waals surface area contributed by atoms with Crippen LogP contribution in [0.3, 0.4) is 0 Å². The number of fused-ring (bicyclic) bond motifs is 1. The number of halogens is 1. The predicted octanol–water partition coefficient (Wildman–Crippen LogP) is 2.78. The van der Waals surface area contributed by atoms with Crippen LogP contribution in [0.5, 0.6) is 5.88 Å². The van der Waals surface area contributed by atoms with Crippen molar-refractivity contribution < 1.29 is 9.47 Å². The lowest BCUT2D eigenvalue weighted by atomic mass is 10.1. The van der Waals surface area contributed by atoms with E-state index in [1.54, 1.807) is 7.11 Å². The molecule has 1 aliphatic heterocycles. The monoisotopic (exact) mass is 295 g/mol. The second-order valence-electron chi connectivity index (χ2n) is 5.12. The molecule has 0 saturated carbocycles. The van der Waals surface area contributed by atoms with Crippen LogP contribution in [0.15, 0.2) is 12.1 Å². The van der Waals surface area contributed by atoms with Crippen LogP contribution in [-0.4, -0.2) is 34.9 Å². The molecule has 0 amide bonds. The number of imidazole rings is 1. The lowest BCUT2D eigenvalue weighted by Crippen LogP contribution is -2.14. The van der Waals surface area contributed by atoms with Crippen LogP contribution < -0.4 is 4.74 Å². The van der Waals surface area contributed by atoms with Gasteiger partial charge in [-0.15, -0.1) is 11.6 Å². The van der Waals surface area contributed by atoms with Gasteiger partial charge in [0.25, 0.3) is 0 Å². The lowest BCUT2D eigenvalue weighted by Gasteiger charge is -2.13. The topological polar surface area (TPSA) is 49.2 Å². The summed E-state index contributed by atoms with van der Waals surface area (Å²) in [4.78, 5) is 9.12. The third-order valence-corrected chi connectivity index (χ3v) is 3.82. The van der Waals surface area contributed by atoms with Crippen LogP contribution >= 0.6 is 11.6 Å². The fourth-order valence-electron chi connectivity index (χ4n) is 2.58. The number of rotatable bonds is 4. The molecule has 1 aliphatic rings. The highest BCUT2D eigenvalue weighted by Crippen LogP contribution is 2.27. The van der Waals surface area contributed by atoms with Gasteiger partial charge < -0.3 is 14.0 Å². The molecule has 1 saturated heterocycles. The zero-order chi connectivity index (χ0) is 14.1. The Labute approximate surface area is 122 Å². The summed E-state index contributed by atoms with van der Waals surface area (Å²) in [6.07, 6.45) is 1.07. The minimum Gasteiger partial charge on any atom is -0.481 e. The average molecular weight is 296 g/mol. The van der Waals surface area contributed by atoms with E-state index in [-0.39, 0.29) is 5.38 Å². The maximum absolute atomic E-state index is 6.27. The highest BCUT2D eigenvalue weighted by molar-refractivity contribution is 6.20. The molecule has 6 heteroatoms. The third-order valence-electron chi connectivity index (χ3n) is 3.63. The molecular weight excluding hydrogens is 278 g/mol. The molecule has 2 aromatic rings. The van der Waals surface area contributed by atoms with Gasteiger partial charge in [0, 0.05) is 25.1 Å². The number of nitrogens with zero attached hydrogens (tertiary/aromatic N) is 3. The van der Waals surface area contributed by atoms with Gasteiger partial charge in [0.1, 0.15) is 11.3 Å². The molecule has 108 valence electrons. The first-order valence-electron chi connectivity index (χ1n) is 6.82. The Morgan fingerprint density at radius 1 is 1.50 bits per heavy atom. The number of aromatic nitrogens is 3. The largest absolute Gasteiger partial charge is 0.481 e. The normalized spacial score (nSPS) is 20.4. The molecule has 0 bridgehead atoms. The summed E-state index contributed by atoms with van der Waals surface area (Å²) in [6.45, 7) is 4.39. The highest BCUT2D eigenvalue weighted by atomic mass is 35.5. The van der Waals surface area contributed by atoms with E-state index in [4.69, 9.17) is 21.1 Å². The van der Waals surface area contributed by atoms with Gasteiger partial charge in [-0.25, -0.2) is 4.98 Å². The summed E-state index contributed by atoms with van der Waals surface area (Å²) in [6, 6.07) is 3.74. The Kier molecular flexibility index (Phi) is 3.81. The molecule has 0 aromatic carbocycles. The Morgan fingerprint density at radius 3 is 3.00 bits per heavy atom. The number of pyridine rings is 1. The van der Waals surface area contributed by atoms with Gasteiger partial charge >= 0.3 is 0 Å². The molecule has 20 heavy (non-hydrogen) atoms. The summed E-state index contributed by atoms with van der Waals surface area (Å²) >= 11 is 6.27. The van der Waals surface area contributed by atoms with E-state index in [0.717, 1.165) is 43.2 Å². The molecule has 2 aromatic heterocycles. The molecular formula is C14H18ClN3O2. The standard InChI is InChI=1S/C14H18ClN3O2/c1-9(15)13-16-11-3-4-12(19-2)17-14(11)18(13)7-10-5-6-20-8-10/h3-4,9-10H,5-8H2,1-2H3. The minimum atomic E-state index is -0.155. The second-order valence-corrected chi connectivity index (χ2v) is 5.78. The van der Waals surface area contributed by atoms with Crippen molar-refractivity contribution in [1.29, 1.82) is 0 Å². The Hall–Kier alpha value is -1.33.